The fraction of sp³-hybridized carbons (Fsp3) is 0.381. The van der Waals surface area contributed by atoms with Gasteiger partial charge in [-0.25, -0.2) is 8.42 Å². The Morgan fingerprint density at radius 2 is 2.03 bits per heavy atom. The van der Waals surface area contributed by atoms with Crippen molar-refractivity contribution in [3.8, 4) is 5.75 Å². The number of aryl methyl sites for hydroxylation is 1. The molecule has 1 aliphatic rings. The summed E-state index contributed by atoms with van der Waals surface area (Å²) in [5.41, 5.74) is 1.83. The lowest BCUT2D eigenvalue weighted by Crippen LogP contribution is -2.43. The molecule has 0 aromatic heterocycles. The molecule has 0 radical (unpaired) electrons. The highest BCUT2D eigenvalue weighted by molar-refractivity contribution is 7.89. The SMILES string of the molecule is CCc1ccccc1NC(=O)[C@@H]1CCCN(S(=O)(=O)c2ccc(OC)c(Cl)c2)C1. The maximum absolute atomic E-state index is 13.1. The summed E-state index contributed by atoms with van der Waals surface area (Å²) in [4.78, 5) is 12.9. The maximum atomic E-state index is 13.1. The third-order valence-corrected chi connectivity index (χ3v) is 7.33. The molecule has 1 atom stereocenters. The van der Waals surface area contributed by atoms with Crippen molar-refractivity contribution in [1.29, 1.82) is 0 Å². The molecule has 0 saturated carbocycles. The molecule has 1 saturated heterocycles. The zero-order valence-electron chi connectivity index (χ0n) is 16.5. The van der Waals surface area contributed by atoms with Gasteiger partial charge in [0, 0.05) is 18.8 Å². The van der Waals surface area contributed by atoms with Crippen LogP contribution in [0.5, 0.6) is 5.75 Å². The molecule has 1 fully saturated rings. The highest BCUT2D eigenvalue weighted by atomic mass is 35.5. The number of nitrogens with zero attached hydrogens (tertiary/aromatic N) is 1. The molecule has 1 aliphatic heterocycles. The van der Waals surface area contributed by atoms with Crippen LogP contribution in [0.3, 0.4) is 0 Å². The van der Waals surface area contributed by atoms with E-state index in [-0.39, 0.29) is 22.4 Å². The second-order valence-electron chi connectivity index (χ2n) is 7.00. The summed E-state index contributed by atoms with van der Waals surface area (Å²) in [6, 6.07) is 12.0. The molecule has 0 aliphatic carbocycles. The van der Waals surface area contributed by atoms with Crippen molar-refractivity contribution in [3.63, 3.8) is 0 Å². The number of rotatable bonds is 6. The van der Waals surface area contributed by atoms with Crippen molar-refractivity contribution in [1.82, 2.24) is 4.31 Å². The van der Waals surface area contributed by atoms with Crippen LogP contribution in [0.4, 0.5) is 5.69 Å². The van der Waals surface area contributed by atoms with E-state index in [1.807, 2.05) is 31.2 Å². The van der Waals surface area contributed by atoms with E-state index < -0.39 is 15.9 Å². The van der Waals surface area contributed by atoms with Crippen LogP contribution in [0.1, 0.15) is 25.3 Å². The summed E-state index contributed by atoms with van der Waals surface area (Å²) in [6.07, 6.45) is 2.08. The molecule has 0 unspecified atom stereocenters. The molecular weight excluding hydrogens is 412 g/mol. The lowest BCUT2D eigenvalue weighted by atomic mass is 9.98. The molecule has 3 rings (SSSR count). The minimum Gasteiger partial charge on any atom is -0.495 e. The number of hydrogen-bond donors (Lipinski definition) is 1. The number of amides is 1. The zero-order valence-corrected chi connectivity index (χ0v) is 18.1. The van der Waals surface area contributed by atoms with E-state index in [1.54, 1.807) is 0 Å². The van der Waals surface area contributed by atoms with Gasteiger partial charge in [0.2, 0.25) is 15.9 Å². The first-order valence-electron chi connectivity index (χ1n) is 9.59. The van der Waals surface area contributed by atoms with Crippen molar-refractivity contribution >= 4 is 33.2 Å². The van der Waals surface area contributed by atoms with Crippen molar-refractivity contribution in [2.45, 2.75) is 31.1 Å². The summed E-state index contributed by atoms with van der Waals surface area (Å²) >= 11 is 6.10. The van der Waals surface area contributed by atoms with Gasteiger partial charge in [0.15, 0.2) is 0 Å². The monoisotopic (exact) mass is 436 g/mol. The predicted molar refractivity (Wildman–Crippen MR) is 114 cm³/mol. The number of ether oxygens (including phenoxy) is 1. The van der Waals surface area contributed by atoms with Crippen LogP contribution in [-0.4, -0.2) is 38.8 Å². The Balaban J connectivity index is 1.76. The number of benzene rings is 2. The molecule has 1 heterocycles. The molecule has 1 amide bonds. The second kappa shape index (κ2) is 9.15. The van der Waals surface area contributed by atoms with E-state index in [0.29, 0.717) is 25.1 Å². The lowest BCUT2D eigenvalue weighted by molar-refractivity contribution is -0.120. The quantitative estimate of drug-likeness (QED) is 0.743. The Hall–Kier alpha value is -2.09. The average molecular weight is 437 g/mol. The van der Waals surface area contributed by atoms with Gasteiger partial charge in [-0.05, 0) is 49.1 Å². The lowest BCUT2D eigenvalue weighted by Gasteiger charge is -2.31. The van der Waals surface area contributed by atoms with Gasteiger partial charge in [-0.2, -0.15) is 4.31 Å². The van der Waals surface area contributed by atoms with Crippen LogP contribution in [-0.2, 0) is 21.2 Å². The van der Waals surface area contributed by atoms with E-state index in [0.717, 1.165) is 17.7 Å². The van der Waals surface area contributed by atoms with E-state index in [4.69, 9.17) is 16.3 Å². The first-order chi connectivity index (χ1) is 13.9. The Labute approximate surface area is 176 Å². The number of halogens is 1. The predicted octanol–water partition coefficient (Wildman–Crippen LogP) is 3.95. The topological polar surface area (TPSA) is 75.7 Å². The minimum atomic E-state index is -3.75. The first kappa shape index (κ1) is 21.6. The number of carbonyl (C=O) groups is 1. The fourth-order valence-corrected chi connectivity index (χ4v) is 5.39. The van der Waals surface area contributed by atoms with Crippen molar-refractivity contribution in [3.05, 3.63) is 53.1 Å². The Morgan fingerprint density at radius 1 is 1.28 bits per heavy atom. The van der Waals surface area contributed by atoms with E-state index in [9.17, 15) is 13.2 Å². The van der Waals surface area contributed by atoms with Gasteiger partial charge in [-0.3, -0.25) is 4.79 Å². The summed E-state index contributed by atoms with van der Waals surface area (Å²) in [5.74, 6) is -0.146. The van der Waals surface area contributed by atoms with Crippen molar-refractivity contribution < 1.29 is 17.9 Å². The van der Waals surface area contributed by atoms with Crippen LogP contribution in [0.15, 0.2) is 47.4 Å². The zero-order chi connectivity index (χ0) is 21.0. The van der Waals surface area contributed by atoms with Gasteiger partial charge in [-0.1, -0.05) is 36.7 Å². The smallest absolute Gasteiger partial charge is 0.243 e. The molecule has 29 heavy (non-hydrogen) atoms. The standard InChI is InChI=1S/C21H25ClN2O4S/c1-3-15-7-4-5-9-19(15)23-21(25)16-8-6-12-24(14-16)29(26,27)17-10-11-20(28-2)18(22)13-17/h4-5,7,9-11,13,16H,3,6,8,12,14H2,1-2H3,(H,23,25)/t16-/m1/s1. The number of sulfonamides is 1. The summed E-state index contributed by atoms with van der Waals surface area (Å²) < 4.78 is 32.6. The molecule has 6 nitrogen and oxygen atoms in total. The number of piperidine rings is 1. The molecule has 1 N–H and O–H groups in total. The summed E-state index contributed by atoms with van der Waals surface area (Å²) in [7, 11) is -2.28. The van der Waals surface area contributed by atoms with Crippen LogP contribution >= 0.6 is 11.6 Å². The molecule has 2 aromatic carbocycles. The number of nitrogens with one attached hydrogen (secondary N) is 1. The second-order valence-corrected chi connectivity index (χ2v) is 9.34. The van der Waals surface area contributed by atoms with Gasteiger partial charge in [-0.15, -0.1) is 0 Å². The third-order valence-electron chi connectivity index (χ3n) is 5.17. The molecule has 156 valence electrons. The minimum absolute atomic E-state index is 0.0979. The molecule has 0 bridgehead atoms. The Kier molecular flexibility index (Phi) is 6.82. The third kappa shape index (κ3) is 4.74. The molecule has 2 aromatic rings. The van der Waals surface area contributed by atoms with E-state index in [1.165, 1.54) is 29.6 Å². The van der Waals surface area contributed by atoms with Crippen LogP contribution in [0, 0.1) is 5.92 Å². The van der Waals surface area contributed by atoms with Gasteiger partial charge in [0.1, 0.15) is 5.75 Å². The highest BCUT2D eigenvalue weighted by Gasteiger charge is 2.33. The van der Waals surface area contributed by atoms with Gasteiger partial charge in [0.05, 0.1) is 22.9 Å². The summed E-state index contributed by atoms with van der Waals surface area (Å²) in [5, 5.41) is 3.20. The average Bonchev–Trinajstić information content (AvgIpc) is 2.74. The van der Waals surface area contributed by atoms with Gasteiger partial charge in [0.25, 0.3) is 0 Å². The fourth-order valence-electron chi connectivity index (χ4n) is 3.52. The van der Waals surface area contributed by atoms with Crippen LogP contribution < -0.4 is 10.1 Å². The van der Waals surface area contributed by atoms with Crippen molar-refractivity contribution in [2.75, 3.05) is 25.5 Å². The van der Waals surface area contributed by atoms with E-state index >= 15 is 0 Å². The number of para-hydroxylation sites is 1. The largest absolute Gasteiger partial charge is 0.495 e. The summed E-state index contributed by atoms with van der Waals surface area (Å²) in [6.45, 7) is 2.55. The first-order valence-corrected chi connectivity index (χ1v) is 11.4. The Morgan fingerprint density at radius 3 is 2.72 bits per heavy atom. The number of anilines is 1. The van der Waals surface area contributed by atoms with E-state index in [2.05, 4.69) is 5.32 Å². The van der Waals surface area contributed by atoms with Crippen LogP contribution in [0.2, 0.25) is 5.02 Å². The van der Waals surface area contributed by atoms with Crippen LogP contribution in [0.25, 0.3) is 0 Å². The number of methoxy groups -OCH3 is 1. The molecule has 0 spiro atoms. The molecular formula is C21H25ClN2O4S. The normalized spacial score (nSPS) is 17.7. The van der Waals surface area contributed by atoms with Gasteiger partial charge < -0.3 is 10.1 Å². The maximum Gasteiger partial charge on any atom is 0.243 e. The Bertz CT molecular complexity index is 994. The van der Waals surface area contributed by atoms with Crippen molar-refractivity contribution in [2.24, 2.45) is 5.92 Å². The molecule has 8 heteroatoms. The highest BCUT2D eigenvalue weighted by Crippen LogP contribution is 2.30. The number of carbonyl (C=O) groups excluding carboxylic acids is 1. The van der Waals surface area contributed by atoms with Gasteiger partial charge >= 0.3 is 0 Å². The number of hydrogen-bond acceptors (Lipinski definition) is 4.